The first kappa shape index (κ1) is 12.1. The maximum absolute atomic E-state index is 13.2. The molecule has 2 aliphatic rings. The van der Waals surface area contributed by atoms with Gasteiger partial charge in [0.05, 0.1) is 18.1 Å². The molecule has 0 amide bonds. The van der Waals surface area contributed by atoms with Gasteiger partial charge in [-0.05, 0) is 18.2 Å². The van der Waals surface area contributed by atoms with E-state index in [-0.39, 0.29) is 0 Å². The Hall–Kier alpha value is -0.980. The number of nitrogens with one attached hydrogen (secondary N) is 1. The third-order valence-corrected chi connectivity index (χ3v) is 4.49. The Morgan fingerprint density at radius 2 is 2.11 bits per heavy atom. The van der Waals surface area contributed by atoms with Crippen molar-refractivity contribution in [1.29, 1.82) is 0 Å². The average molecular weight is 271 g/mol. The highest BCUT2D eigenvalue weighted by atomic mass is 32.2. The fourth-order valence-corrected chi connectivity index (χ4v) is 3.34. The summed E-state index contributed by atoms with van der Waals surface area (Å²) >= 11 is 0. The van der Waals surface area contributed by atoms with Crippen molar-refractivity contribution >= 4 is 11.0 Å². The number of hydrogen-bond donors (Lipinski definition) is 1. The molecule has 0 aliphatic carbocycles. The molecular formula is C12H14FNO3S. The highest BCUT2D eigenvalue weighted by Gasteiger charge is 2.38. The van der Waals surface area contributed by atoms with Crippen LogP contribution in [0.4, 0.5) is 4.39 Å². The van der Waals surface area contributed by atoms with Crippen LogP contribution >= 0.6 is 0 Å². The van der Waals surface area contributed by atoms with Gasteiger partial charge in [-0.1, -0.05) is 0 Å². The van der Waals surface area contributed by atoms with Crippen molar-refractivity contribution in [1.82, 2.24) is 4.72 Å². The monoisotopic (exact) mass is 271 g/mol. The van der Waals surface area contributed by atoms with E-state index >= 15 is 0 Å². The Balaban J connectivity index is 1.98. The summed E-state index contributed by atoms with van der Waals surface area (Å²) < 4.78 is 39.5. The summed E-state index contributed by atoms with van der Waals surface area (Å²) in [4.78, 5) is 0.373. The van der Waals surface area contributed by atoms with Gasteiger partial charge in [-0.15, -0.1) is 0 Å². The first-order valence-corrected chi connectivity index (χ1v) is 7.05. The van der Waals surface area contributed by atoms with Gasteiger partial charge in [0.25, 0.3) is 0 Å². The van der Waals surface area contributed by atoms with Crippen LogP contribution in [0.2, 0.25) is 0 Å². The molecule has 98 valence electrons. The Morgan fingerprint density at radius 3 is 2.89 bits per heavy atom. The van der Waals surface area contributed by atoms with Crippen molar-refractivity contribution in [3.63, 3.8) is 0 Å². The van der Waals surface area contributed by atoms with E-state index in [4.69, 9.17) is 9.47 Å². The van der Waals surface area contributed by atoms with Crippen LogP contribution < -0.4 is 9.46 Å². The molecule has 0 aromatic heterocycles. The molecule has 0 bridgehead atoms. The van der Waals surface area contributed by atoms with Gasteiger partial charge in [-0.25, -0.2) is 13.3 Å². The summed E-state index contributed by atoms with van der Waals surface area (Å²) in [6, 6.07) is 4.14. The predicted molar refractivity (Wildman–Crippen MR) is 64.2 cm³/mol. The summed E-state index contributed by atoms with van der Waals surface area (Å²) in [7, 11) is -1.43. The number of ether oxygens (including phenoxy) is 2. The van der Waals surface area contributed by atoms with Crippen LogP contribution in [0.5, 0.6) is 5.75 Å². The minimum Gasteiger partial charge on any atom is -0.484 e. The lowest BCUT2D eigenvalue weighted by Gasteiger charge is -2.36. The van der Waals surface area contributed by atoms with E-state index in [1.165, 1.54) is 12.1 Å². The van der Waals surface area contributed by atoms with E-state index in [1.54, 1.807) is 6.07 Å². The van der Waals surface area contributed by atoms with Gasteiger partial charge in [-0.3, -0.25) is 0 Å². The molecule has 3 rings (SSSR count). The molecule has 1 N–H and O–H groups in total. The minimum absolute atomic E-state index is 0.373. The number of hydrogen-bond acceptors (Lipinski definition) is 3. The second-order valence-electron chi connectivity index (χ2n) is 4.58. The molecule has 1 aromatic carbocycles. The molecule has 4 nitrogen and oxygen atoms in total. The van der Waals surface area contributed by atoms with E-state index in [0.29, 0.717) is 30.4 Å². The van der Waals surface area contributed by atoms with Crippen LogP contribution in [0.25, 0.3) is 0 Å². The lowest BCUT2D eigenvalue weighted by Crippen LogP contribution is -2.48. The standard InChI is InChI=1S/C12H14FNO3S/c13-9-1-2-10-11(7-9)18(15)14-8-12(17-10)3-5-16-6-4-12/h1-2,7,14H,3-6,8H2. The zero-order valence-electron chi connectivity index (χ0n) is 9.78. The van der Waals surface area contributed by atoms with Crippen LogP contribution in [0, 0.1) is 5.82 Å². The molecule has 1 aromatic rings. The second-order valence-corrected chi connectivity index (χ2v) is 5.84. The predicted octanol–water partition coefficient (Wildman–Crippen LogP) is 1.38. The van der Waals surface area contributed by atoms with Gasteiger partial charge in [0.15, 0.2) is 0 Å². The van der Waals surface area contributed by atoms with Crippen LogP contribution in [0.3, 0.4) is 0 Å². The number of halogens is 1. The smallest absolute Gasteiger partial charge is 0.137 e. The lowest BCUT2D eigenvalue weighted by molar-refractivity contribution is -0.0420. The summed E-state index contributed by atoms with van der Waals surface area (Å²) in [5.74, 6) is 0.0945. The summed E-state index contributed by atoms with van der Waals surface area (Å²) in [6.07, 6.45) is 1.49. The molecular weight excluding hydrogens is 257 g/mol. The molecule has 1 unspecified atom stereocenters. The van der Waals surface area contributed by atoms with E-state index in [2.05, 4.69) is 4.72 Å². The molecule has 0 saturated carbocycles. The van der Waals surface area contributed by atoms with E-state index in [1.807, 2.05) is 0 Å². The van der Waals surface area contributed by atoms with Gasteiger partial charge in [-0.2, -0.15) is 0 Å². The Kier molecular flexibility index (Phi) is 3.09. The zero-order valence-corrected chi connectivity index (χ0v) is 10.6. The Labute approximate surface area is 107 Å². The topological polar surface area (TPSA) is 47.6 Å². The normalized spacial score (nSPS) is 26.2. The first-order valence-electron chi connectivity index (χ1n) is 5.90. The Morgan fingerprint density at radius 1 is 1.33 bits per heavy atom. The van der Waals surface area contributed by atoms with Gasteiger partial charge < -0.3 is 9.47 Å². The van der Waals surface area contributed by atoms with E-state index < -0.39 is 22.4 Å². The highest BCUT2D eigenvalue weighted by Crippen LogP contribution is 2.34. The molecule has 6 heteroatoms. The minimum atomic E-state index is -1.43. The largest absolute Gasteiger partial charge is 0.484 e. The fourth-order valence-electron chi connectivity index (χ4n) is 2.28. The molecule has 2 heterocycles. The van der Waals surface area contributed by atoms with Gasteiger partial charge in [0.2, 0.25) is 0 Å². The molecule has 2 aliphatic heterocycles. The molecule has 1 fully saturated rings. The van der Waals surface area contributed by atoms with Crippen LogP contribution in [0.1, 0.15) is 12.8 Å². The maximum Gasteiger partial charge on any atom is 0.137 e. The Bertz CT molecular complexity index is 488. The third-order valence-electron chi connectivity index (χ3n) is 3.36. The molecule has 1 spiro atoms. The second kappa shape index (κ2) is 4.60. The van der Waals surface area contributed by atoms with Crippen LogP contribution in [0.15, 0.2) is 23.1 Å². The van der Waals surface area contributed by atoms with Crippen molar-refractivity contribution in [3.05, 3.63) is 24.0 Å². The zero-order chi connectivity index (χ0) is 12.6. The molecule has 1 saturated heterocycles. The number of benzene rings is 1. The van der Waals surface area contributed by atoms with Gasteiger partial charge in [0, 0.05) is 19.4 Å². The quantitative estimate of drug-likeness (QED) is 0.775. The van der Waals surface area contributed by atoms with Crippen LogP contribution in [-0.2, 0) is 15.7 Å². The summed E-state index contributed by atoms with van der Waals surface area (Å²) in [5.41, 5.74) is -0.392. The molecule has 0 radical (unpaired) electrons. The van der Waals surface area contributed by atoms with E-state index in [9.17, 15) is 8.60 Å². The fraction of sp³-hybridized carbons (Fsp3) is 0.500. The summed E-state index contributed by atoms with van der Waals surface area (Å²) in [6.45, 7) is 1.74. The lowest BCUT2D eigenvalue weighted by atomic mass is 9.94. The summed E-state index contributed by atoms with van der Waals surface area (Å²) in [5, 5.41) is 0. The number of fused-ring (bicyclic) bond motifs is 1. The maximum atomic E-state index is 13.2. The SMILES string of the molecule is O=S1NCC2(CCOCC2)Oc2ccc(F)cc21. The van der Waals surface area contributed by atoms with Gasteiger partial charge in [0.1, 0.15) is 28.2 Å². The van der Waals surface area contributed by atoms with Gasteiger partial charge >= 0.3 is 0 Å². The molecule has 1 atom stereocenters. The van der Waals surface area contributed by atoms with Crippen molar-refractivity contribution in [2.24, 2.45) is 0 Å². The first-order chi connectivity index (χ1) is 8.69. The molecule has 18 heavy (non-hydrogen) atoms. The average Bonchev–Trinajstić information content (AvgIpc) is 2.50. The van der Waals surface area contributed by atoms with Crippen molar-refractivity contribution in [2.75, 3.05) is 19.8 Å². The van der Waals surface area contributed by atoms with Crippen molar-refractivity contribution in [2.45, 2.75) is 23.3 Å². The van der Waals surface area contributed by atoms with Crippen molar-refractivity contribution < 1.29 is 18.1 Å². The highest BCUT2D eigenvalue weighted by molar-refractivity contribution is 7.83. The van der Waals surface area contributed by atoms with E-state index in [0.717, 1.165) is 12.8 Å². The number of rotatable bonds is 0. The van der Waals surface area contributed by atoms with Crippen LogP contribution in [-0.4, -0.2) is 29.6 Å². The third kappa shape index (κ3) is 2.15. The van der Waals surface area contributed by atoms with Crippen molar-refractivity contribution in [3.8, 4) is 5.75 Å².